The molecule has 2 aromatic rings. The van der Waals surface area contributed by atoms with E-state index in [1.807, 2.05) is 60.5 Å². The molecule has 0 heterocycles. The summed E-state index contributed by atoms with van der Waals surface area (Å²) in [5.74, 6) is 0.830. The summed E-state index contributed by atoms with van der Waals surface area (Å²) in [7, 11) is 3.51. The molecule has 2 aromatic carbocycles. The van der Waals surface area contributed by atoms with Gasteiger partial charge in [0.1, 0.15) is 5.75 Å². The lowest BCUT2D eigenvalue weighted by molar-refractivity contribution is 0.1000. The van der Waals surface area contributed by atoms with Gasteiger partial charge in [0.25, 0.3) is 0 Å². The maximum Gasteiger partial charge on any atom is 0.182 e. The summed E-state index contributed by atoms with van der Waals surface area (Å²) in [6.07, 6.45) is 0. The molecule has 0 bridgehead atoms. The Morgan fingerprint density at radius 3 is 2.65 bits per heavy atom. The molecule has 0 amide bonds. The van der Waals surface area contributed by atoms with E-state index in [-0.39, 0.29) is 5.78 Å². The molecule has 0 aromatic heterocycles. The fraction of sp³-hybridized carbons (Fsp3) is 0.188. The van der Waals surface area contributed by atoms with Crippen LogP contribution in [0.1, 0.15) is 10.4 Å². The normalized spacial score (nSPS) is 10.2. The van der Waals surface area contributed by atoms with Gasteiger partial charge in [-0.05, 0) is 24.3 Å². The van der Waals surface area contributed by atoms with Crippen LogP contribution in [0.5, 0.6) is 5.75 Å². The molecule has 104 valence electrons. The van der Waals surface area contributed by atoms with Crippen molar-refractivity contribution in [2.75, 3.05) is 25.6 Å². The molecule has 0 unspecified atom stereocenters. The number of rotatable bonds is 5. The van der Waals surface area contributed by atoms with Gasteiger partial charge in [0, 0.05) is 17.1 Å². The Hall–Kier alpha value is -1.81. The van der Waals surface area contributed by atoms with Crippen molar-refractivity contribution >= 4 is 27.4 Å². The molecule has 2 rings (SSSR count). The Labute approximate surface area is 127 Å². The maximum atomic E-state index is 12.3. The Balaban J connectivity index is 2.15. The first kappa shape index (κ1) is 14.6. The van der Waals surface area contributed by atoms with Gasteiger partial charge in [0.15, 0.2) is 5.78 Å². The summed E-state index contributed by atoms with van der Waals surface area (Å²) in [6, 6.07) is 15.1. The molecular weight excluding hydrogens is 318 g/mol. The van der Waals surface area contributed by atoms with E-state index in [1.54, 1.807) is 7.11 Å². The minimum Gasteiger partial charge on any atom is -0.495 e. The topological polar surface area (TPSA) is 29.5 Å². The fourth-order valence-corrected chi connectivity index (χ4v) is 2.40. The van der Waals surface area contributed by atoms with Gasteiger partial charge in [-0.3, -0.25) is 4.79 Å². The Morgan fingerprint density at radius 1 is 1.20 bits per heavy atom. The number of benzene rings is 2. The van der Waals surface area contributed by atoms with E-state index >= 15 is 0 Å². The Morgan fingerprint density at radius 2 is 1.95 bits per heavy atom. The molecule has 0 aliphatic carbocycles. The molecule has 0 aliphatic rings. The largest absolute Gasteiger partial charge is 0.495 e. The molecule has 0 atom stereocenters. The summed E-state index contributed by atoms with van der Waals surface area (Å²) in [5.41, 5.74) is 1.60. The van der Waals surface area contributed by atoms with E-state index < -0.39 is 0 Å². The van der Waals surface area contributed by atoms with Gasteiger partial charge in [-0.15, -0.1) is 0 Å². The van der Waals surface area contributed by atoms with Crippen molar-refractivity contribution in [3.05, 3.63) is 58.6 Å². The SMILES string of the molecule is COc1ccccc1N(C)CC(=O)c1cccc(Br)c1. The van der Waals surface area contributed by atoms with Crippen LogP contribution in [-0.4, -0.2) is 26.5 Å². The molecule has 0 fully saturated rings. The highest BCUT2D eigenvalue weighted by molar-refractivity contribution is 9.10. The van der Waals surface area contributed by atoms with Crippen LogP contribution in [0.2, 0.25) is 0 Å². The fourth-order valence-electron chi connectivity index (χ4n) is 2.00. The van der Waals surface area contributed by atoms with E-state index in [0.29, 0.717) is 12.1 Å². The third-order valence-corrected chi connectivity index (χ3v) is 3.52. The summed E-state index contributed by atoms with van der Waals surface area (Å²) >= 11 is 3.38. The number of methoxy groups -OCH3 is 1. The first-order valence-electron chi connectivity index (χ1n) is 6.24. The molecular formula is C16H16BrNO2. The van der Waals surface area contributed by atoms with E-state index in [1.165, 1.54) is 0 Å². The summed E-state index contributed by atoms with van der Waals surface area (Å²) in [5, 5.41) is 0. The highest BCUT2D eigenvalue weighted by Crippen LogP contribution is 2.26. The number of anilines is 1. The highest BCUT2D eigenvalue weighted by atomic mass is 79.9. The summed E-state index contributed by atoms with van der Waals surface area (Å²) in [4.78, 5) is 14.2. The van der Waals surface area contributed by atoms with Gasteiger partial charge in [0.2, 0.25) is 0 Å². The third kappa shape index (κ3) is 3.39. The first-order valence-corrected chi connectivity index (χ1v) is 7.04. The number of carbonyl (C=O) groups is 1. The van der Waals surface area contributed by atoms with Crippen molar-refractivity contribution in [3.63, 3.8) is 0 Å². The van der Waals surface area contributed by atoms with Crippen LogP contribution >= 0.6 is 15.9 Å². The number of hydrogen-bond donors (Lipinski definition) is 0. The number of likely N-dealkylation sites (N-methyl/N-ethyl adjacent to an activating group) is 1. The number of hydrogen-bond acceptors (Lipinski definition) is 3. The second-order valence-corrected chi connectivity index (χ2v) is 5.38. The van der Waals surface area contributed by atoms with Gasteiger partial charge in [0.05, 0.1) is 19.3 Å². The zero-order chi connectivity index (χ0) is 14.5. The van der Waals surface area contributed by atoms with E-state index in [0.717, 1.165) is 15.9 Å². The molecule has 0 spiro atoms. The molecule has 0 saturated heterocycles. The van der Waals surface area contributed by atoms with Gasteiger partial charge in [-0.1, -0.05) is 40.2 Å². The summed E-state index contributed by atoms with van der Waals surface area (Å²) in [6.45, 7) is 0.302. The second kappa shape index (κ2) is 6.57. The van der Waals surface area contributed by atoms with Gasteiger partial charge in [-0.2, -0.15) is 0 Å². The van der Waals surface area contributed by atoms with Crippen molar-refractivity contribution in [2.45, 2.75) is 0 Å². The lowest BCUT2D eigenvalue weighted by Crippen LogP contribution is -2.26. The number of ketones is 1. The lowest BCUT2D eigenvalue weighted by atomic mass is 10.1. The predicted molar refractivity (Wildman–Crippen MR) is 84.7 cm³/mol. The van der Waals surface area contributed by atoms with Crippen molar-refractivity contribution in [1.82, 2.24) is 0 Å². The van der Waals surface area contributed by atoms with Crippen LogP contribution in [0.3, 0.4) is 0 Å². The Bertz CT molecular complexity index is 613. The smallest absolute Gasteiger partial charge is 0.182 e. The van der Waals surface area contributed by atoms with E-state index in [9.17, 15) is 4.79 Å². The van der Waals surface area contributed by atoms with Crippen LogP contribution in [0.25, 0.3) is 0 Å². The van der Waals surface area contributed by atoms with Gasteiger partial charge < -0.3 is 9.64 Å². The number of Topliss-reactive ketones (excluding diaryl/α,β-unsaturated/α-hetero) is 1. The first-order chi connectivity index (χ1) is 9.61. The van der Waals surface area contributed by atoms with Crippen molar-refractivity contribution < 1.29 is 9.53 Å². The average Bonchev–Trinajstić information content (AvgIpc) is 2.47. The van der Waals surface area contributed by atoms with Gasteiger partial charge >= 0.3 is 0 Å². The van der Waals surface area contributed by atoms with Crippen molar-refractivity contribution in [1.29, 1.82) is 0 Å². The minimum absolute atomic E-state index is 0.0692. The Kier molecular flexibility index (Phi) is 4.79. The highest BCUT2D eigenvalue weighted by Gasteiger charge is 2.13. The van der Waals surface area contributed by atoms with Crippen molar-refractivity contribution in [3.8, 4) is 5.75 Å². The van der Waals surface area contributed by atoms with Crippen LogP contribution in [0.4, 0.5) is 5.69 Å². The molecule has 0 N–H and O–H groups in total. The number of halogens is 1. The number of ether oxygens (including phenoxy) is 1. The van der Waals surface area contributed by atoms with E-state index in [2.05, 4.69) is 15.9 Å². The number of carbonyl (C=O) groups excluding carboxylic acids is 1. The van der Waals surface area contributed by atoms with Crippen LogP contribution in [-0.2, 0) is 0 Å². The molecule has 20 heavy (non-hydrogen) atoms. The number of nitrogens with zero attached hydrogens (tertiary/aromatic N) is 1. The minimum atomic E-state index is 0.0692. The maximum absolute atomic E-state index is 12.3. The zero-order valence-corrected chi connectivity index (χ0v) is 13.1. The van der Waals surface area contributed by atoms with Gasteiger partial charge in [-0.25, -0.2) is 0 Å². The average molecular weight is 334 g/mol. The lowest BCUT2D eigenvalue weighted by Gasteiger charge is -2.20. The number of para-hydroxylation sites is 2. The summed E-state index contributed by atoms with van der Waals surface area (Å²) < 4.78 is 6.22. The standard InChI is InChI=1S/C16H16BrNO2/c1-18(14-8-3-4-9-16(14)20-2)11-15(19)12-6-5-7-13(17)10-12/h3-10H,11H2,1-2H3. The van der Waals surface area contributed by atoms with Crippen molar-refractivity contribution in [2.24, 2.45) is 0 Å². The molecule has 3 nitrogen and oxygen atoms in total. The van der Waals surface area contributed by atoms with E-state index in [4.69, 9.17) is 4.74 Å². The molecule has 4 heteroatoms. The van der Waals surface area contributed by atoms with Crippen LogP contribution in [0, 0.1) is 0 Å². The van der Waals surface area contributed by atoms with Crippen LogP contribution in [0.15, 0.2) is 53.0 Å². The zero-order valence-electron chi connectivity index (χ0n) is 11.5. The second-order valence-electron chi connectivity index (χ2n) is 4.46. The third-order valence-electron chi connectivity index (χ3n) is 3.02. The van der Waals surface area contributed by atoms with Crippen LogP contribution < -0.4 is 9.64 Å². The molecule has 0 saturated carbocycles. The molecule has 0 aliphatic heterocycles. The molecule has 0 radical (unpaired) electrons. The monoisotopic (exact) mass is 333 g/mol. The quantitative estimate of drug-likeness (QED) is 0.780. The predicted octanol–water partition coefficient (Wildman–Crippen LogP) is 3.78.